The Hall–Kier alpha value is -1.77. The minimum absolute atomic E-state index is 0.253. The number of rotatable bonds is 4. The lowest BCUT2D eigenvalue weighted by molar-refractivity contribution is 0.0995. The molecule has 1 atom stereocenters. The van der Waals surface area contributed by atoms with Crippen LogP contribution < -0.4 is 10.6 Å². The first-order chi connectivity index (χ1) is 14.4. The van der Waals surface area contributed by atoms with Gasteiger partial charge in [0.25, 0.3) is 5.91 Å². The van der Waals surface area contributed by atoms with Crippen LogP contribution in [0.5, 0.6) is 0 Å². The Labute approximate surface area is 199 Å². The highest BCUT2D eigenvalue weighted by molar-refractivity contribution is 14.1. The Morgan fingerprint density at radius 3 is 2.53 bits per heavy atom. The number of primary amides is 1. The molecule has 5 nitrogen and oxygen atoms in total. The van der Waals surface area contributed by atoms with E-state index in [0.29, 0.717) is 15.7 Å². The number of carbonyl (C=O) groups is 1. The van der Waals surface area contributed by atoms with Gasteiger partial charge < -0.3 is 10.6 Å². The Kier molecular flexibility index (Phi) is 6.27. The molecule has 0 aliphatic carbocycles. The molecule has 2 heterocycles. The van der Waals surface area contributed by atoms with Gasteiger partial charge >= 0.3 is 0 Å². The van der Waals surface area contributed by atoms with Crippen molar-refractivity contribution in [2.45, 2.75) is 32.2 Å². The van der Waals surface area contributed by atoms with Crippen molar-refractivity contribution in [3.05, 3.63) is 61.8 Å². The molecule has 1 aliphatic rings. The lowest BCUT2D eigenvalue weighted by Gasteiger charge is -2.35. The maximum atomic E-state index is 12.5. The molecular formula is C22H21Cl2IN4O. The molecule has 1 saturated heterocycles. The van der Waals surface area contributed by atoms with Gasteiger partial charge in [-0.15, -0.1) is 0 Å². The predicted molar refractivity (Wildman–Crippen MR) is 131 cm³/mol. The van der Waals surface area contributed by atoms with Gasteiger partial charge in [-0.25, -0.2) is 4.68 Å². The summed E-state index contributed by atoms with van der Waals surface area (Å²) in [6.07, 6.45) is 3.28. The van der Waals surface area contributed by atoms with E-state index in [1.807, 2.05) is 30.3 Å². The SMILES string of the molecule is CC1CCCCN1c1c(C(N)=O)nn(-c2ccc(Cl)cc2Cl)c1-c1ccc(I)cc1. The summed E-state index contributed by atoms with van der Waals surface area (Å²) in [6.45, 7) is 3.02. The van der Waals surface area contributed by atoms with Gasteiger partial charge in [0.15, 0.2) is 5.69 Å². The van der Waals surface area contributed by atoms with E-state index in [1.54, 1.807) is 16.8 Å². The summed E-state index contributed by atoms with van der Waals surface area (Å²) in [5.74, 6) is -0.557. The number of halogens is 3. The fraction of sp³-hybridized carbons (Fsp3) is 0.273. The van der Waals surface area contributed by atoms with Crippen LogP contribution in [0.1, 0.15) is 36.7 Å². The predicted octanol–water partition coefficient (Wildman–Crippen LogP) is 5.93. The van der Waals surface area contributed by atoms with Crippen LogP contribution in [-0.2, 0) is 0 Å². The molecule has 0 spiro atoms. The zero-order valence-corrected chi connectivity index (χ0v) is 20.1. The molecule has 3 aromatic rings. The largest absolute Gasteiger partial charge is 0.365 e. The molecule has 0 saturated carbocycles. The van der Waals surface area contributed by atoms with Gasteiger partial charge in [0, 0.05) is 26.7 Å². The minimum atomic E-state index is -0.557. The number of nitrogens with two attached hydrogens (primary N) is 1. The maximum absolute atomic E-state index is 12.5. The number of hydrogen-bond donors (Lipinski definition) is 1. The van der Waals surface area contributed by atoms with E-state index >= 15 is 0 Å². The number of benzene rings is 2. The number of piperidine rings is 1. The van der Waals surface area contributed by atoms with E-state index in [2.05, 4.69) is 39.5 Å². The molecule has 4 rings (SSSR count). The fourth-order valence-electron chi connectivity index (χ4n) is 3.97. The quantitative estimate of drug-likeness (QED) is 0.407. The third-order valence-electron chi connectivity index (χ3n) is 5.44. The first-order valence-corrected chi connectivity index (χ1v) is 11.6. The molecule has 0 radical (unpaired) electrons. The van der Waals surface area contributed by atoms with Crippen LogP contribution in [0, 0.1) is 3.57 Å². The summed E-state index contributed by atoms with van der Waals surface area (Å²) < 4.78 is 2.84. The normalized spacial score (nSPS) is 16.7. The van der Waals surface area contributed by atoms with Crippen molar-refractivity contribution in [3.63, 3.8) is 0 Å². The topological polar surface area (TPSA) is 64.2 Å². The number of aromatic nitrogens is 2. The molecule has 2 N–H and O–H groups in total. The number of hydrogen-bond acceptors (Lipinski definition) is 3. The van der Waals surface area contributed by atoms with E-state index in [0.717, 1.165) is 39.9 Å². The molecular weight excluding hydrogens is 534 g/mol. The lowest BCUT2D eigenvalue weighted by Crippen LogP contribution is -2.38. The highest BCUT2D eigenvalue weighted by Crippen LogP contribution is 2.40. The van der Waals surface area contributed by atoms with Crippen molar-refractivity contribution in [3.8, 4) is 16.9 Å². The molecule has 1 aliphatic heterocycles. The van der Waals surface area contributed by atoms with Crippen LogP contribution in [-0.4, -0.2) is 28.3 Å². The highest BCUT2D eigenvalue weighted by atomic mass is 127. The number of amides is 1. The third-order valence-corrected chi connectivity index (χ3v) is 6.70. The zero-order valence-electron chi connectivity index (χ0n) is 16.4. The van der Waals surface area contributed by atoms with Crippen LogP contribution >= 0.6 is 45.8 Å². The Bertz CT molecular complexity index is 1100. The summed E-state index contributed by atoms with van der Waals surface area (Å²) in [6, 6.07) is 13.6. The Morgan fingerprint density at radius 2 is 1.90 bits per heavy atom. The standard InChI is InChI=1S/C22H21Cl2IN4O/c1-13-4-2-3-11-28(13)21-19(22(26)30)27-29(18-10-7-15(23)12-17(18)24)20(21)14-5-8-16(25)9-6-14/h5-10,12-13H,2-4,11H2,1H3,(H2,26,30). The van der Waals surface area contributed by atoms with Crippen molar-refractivity contribution < 1.29 is 4.79 Å². The van der Waals surface area contributed by atoms with Crippen LogP contribution in [0.3, 0.4) is 0 Å². The lowest BCUT2D eigenvalue weighted by atomic mass is 10.0. The van der Waals surface area contributed by atoms with Crippen LogP contribution in [0.4, 0.5) is 5.69 Å². The van der Waals surface area contributed by atoms with Gasteiger partial charge in [-0.05, 0) is 79.1 Å². The second kappa shape index (κ2) is 8.77. The fourth-order valence-corrected chi connectivity index (χ4v) is 4.82. The second-order valence-corrected chi connectivity index (χ2v) is 9.55. The molecule has 8 heteroatoms. The van der Waals surface area contributed by atoms with Gasteiger partial charge in [-0.2, -0.15) is 5.10 Å². The van der Waals surface area contributed by atoms with Crippen molar-refractivity contribution >= 4 is 57.4 Å². The molecule has 156 valence electrons. The van der Waals surface area contributed by atoms with E-state index in [9.17, 15) is 4.79 Å². The zero-order chi connectivity index (χ0) is 21.4. The summed E-state index contributed by atoms with van der Waals surface area (Å²) in [5.41, 5.74) is 9.20. The van der Waals surface area contributed by atoms with Gasteiger partial charge in [-0.1, -0.05) is 35.3 Å². The first-order valence-electron chi connectivity index (χ1n) is 9.77. The summed E-state index contributed by atoms with van der Waals surface area (Å²) in [7, 11) is 0. The molecule has 2 aromatic carbocycles. The number of nitrogens with zero attached hydrogens (tertiary/aromatic N) is 3. The molecule has 30 heavy (non-hydrogen) atoms. The van der Waals surface area contributed by atoms with Crippen molar-refractivity contribution in [1.82, 2.24) is 9.78 Å². The molecule has 1 aromatic heterocycles. The highest BCUT2D eigenvalue weighted by Gasteiger charge is 2.31. The third kappa shape index (κ3) is 4.05. The monoisotopic (exact) mass is 554 g/mol. The summed E-state index contributed by atoms with van der Waals surface area (Å²) in [5, 5.41) is 5.63. The van der Waals surface area contributed by atoms with Crippen molar-refractivity contribution in [2.75, 3.05) is 11.4 Å². The Balaban J connectivity index is 2.03. The summed E-state index contributed by atoms with van der Waals surface area (Å²) >= 11 is 14.9. The minimum Gasteiger partial charge on any atom is -0.365 e. The smallest absolute Gasteiger partial charge is 0.271 e. The van der Waals surface area contributed by atoms with Gasteiger partial charge in [0.2, 0.25) is 0 Å². The van der Waals surface area contributed by atoms with E-state index in [4.69, 9.17) is 28.9 Å². The van der Waals surface area contributed by atoms with Gasteiger partial charge in [0.1, 0.15) is 0 Å². The second-order valence-electron chi connectivity index (χ2n) is 7.46. The molecule has 1 fully saturated rings. The van der Waals surface area contributed by atoms with Crippen LogP contribution in [0.25, 0.3) is 16.9 Å². The Morgan fingerprint density at radius 1 is 1.17 bits per heavy atom. The van der Waals surface area contributed by atoms with Gasteiger partial charge in [0.05, 0.1) is 22.1 Å². The number of carbonyl (C=O) groups excluding carboxylic acids is 1. The van der Waals surface area contributed by atoms with Crippen LogP contribution in [0.2, 0.25) is 10.0 Å². The first kappa shape index (κ1) is 21.5. The molecule has 1 amide bonds. The van der Waals surface area contributed by atoms with Gasteiger partial charge in [-0.3, -0.25) is 4.79 Å². The molecule has 0 bridgehead atoms. The van der Waals surface area contributed by atoms with E-state index < -0.39 is 5.91 Å². The average Bonchev–Trinajstić information content (AvgIpc) is 3.09. The van der Waals surface area contributed by atoms with E-state index in [1.165, 1.54) is 6.42 Å². The number of anilines is 1. The van der Waals surface area contributed by atoms with E-state index in [-0.39, 0.29) is 11.7 Å². The summed E-state index contributed by atoms with van der Waals surface area (Å²) in [4.78, 5) is 14.7. The molecule has 1 unspecified atom stereocenters. The van der Waals surface area contributed by atoms with Crippen molar-refractivity contribution in [2.24, 2.45) is 5.73 Å². The van der Waals surface area contributed by atoms with Crippen LogP contribution in [0.15, 0.2) is 42.5 Å². The van der Waals surface area contributed by atoms with Crippen molar-refractivity contribution in [1.29, 1.82) is 0 Å². The average molecular weight is 555 g/mol. The maximum Gasteiger partial charge on any atom is 0.271 e.